The Hall–Kier alpha value is -2.37. The molecule has 1 heterocycles. The van der Waals surface area contributed by atoms with E-state index < -0.39 is 5.60 Å². The fraction of sp³-hybridized carbons (Fsp3) is 0.519. The van der Waals surface area contributed by atoms with Crippen molar-refractivity contribution in [2.24, 2.45) is 0 Å². The number of hydrogen-bond acceptors (Lipinski definition) is 5. The highest BCUT2D eigenvalue weighted by Gasteiger charge is 2.24. The van der Waals surface area contributed by atoms with Gasteiger partial charge in [-0.3, -0.25) is 9.69 Å². The molecule has 2 aromatic carbocycles. The summed E-state index contributed by atoms with van der Waals surface area (Å²) in [4.78, 5) is 14.3. The summed E-state index contributed by atoms with van der Waals surface area (Å²) in [5.74, 6) is 0.713. The van der Waals surface area contributed by atoms with Crippen LogP contribution in [0.2, 0.25) is 0 Å². The van der Waals surface area contributed by atoms with Gasteiger partial charge in [-0.25, -0.2) is 0 Å². The molecule has 32 heavy (non-hydrogen) atoms. The highest BCUT2D eigenvalue weighted by atomic mass is 16.6. The smallest absolute Gasteiger partial charge is 0.307 e. The van der Waals surface area contributed by atoms with Crippen molar-refractivity contribution in [3.05, 3.63) is 64.2 Å². The van der Waals surface area contributed by atoms with Crippen molar-refractivity contribution in [3.8, 4) is 5.75 Å². The first-order valence-electron chi connectivity index (χ1n) is 11.5. The maximum atomic E-state index is 12.1. The third-order valence-corrected chi connectivity index (χ3v) is 5.48. The molecule has 5 nitrogen and oxygen atoms in total. The van der Waals surface area contributed by atoms with E-state index in [0.29, 0.717) is 26.2 Å². The summed E-state index contributed by atoms with van der Waals surface area (Å²) in [5.41, 5.74) is 5.57. The van der Waals surface area contributed by atoms with Crippen molar-refractivity contribution < 1.29 is 19.0 Å². The van der Waals surface area contributed by atoms with Crippen molar-refractivity contribution in [1.29, 1.82) is 0 Å². The lowest BCUT2D eigenvalue weighted by Crippen LogP contribution is -2.40. The summed E-state index contributed by atoms with van der Waals surface area (Å²) in [6.45, 7) is 15.5. The van der Waals surface area contributed by atoms with Crippen LogP contribution in [0.3, 0.4) is 0 Å². The lowest BCUT2D eigenvalue weighted by atomic mass is 10.0. The molecular formula is C27H37NO4. The van der Waals surface area contributed by atoms with Gasteiger partial charge in [-0.2, -0.15) is 0 Å². The number of aryl methyl sites for hydroxylation is 3. The minimum Gasteiger partial charge on any atom is -0.489 e. The fourth-order valence-corrected chi connectivity index (χ4v) is 4.15. The molecule has 0 saturated carbocycles. The van der Waals surface area contributed by atoms with Crippen LogP contribution in [0.15, 0.2) is 36.4 Å². The van der Waals surface area contributed by atoms with Crippen LogP contribution in [0.4, 0.5) is 0 Å². The van der Waals surface area contributed by atoms with E-state index in [-0.39, 0.29) is 12.1 Å². The number of ether oxygens (including phenoxy) is 3. The number of carbonyl (C=O) groups is 1. The zero-order valence-electron chi connectivity index (χ0n) is 20.4. The van der Waals surface area contributed by atoms with Gasteiger partial charge < -0.3 is 14.2 Å². The maximum Gasteiger partial charge on any atom is 0.307 e. The van der Waals surface area contributed by atoms with Crippen LogP contribution in [0.1, 0.15) is 61.1 Å². The molecule has 2 aromatic rings. The molecule has 174 valence electrons. The first-order valence-corrected chi connectivity index (χ1v) is 11.5. The molecule has 1 saturated heterocycles. The van der Waals surface area contributed by atoms with Gasteiger partial charge in [-0.1, -0.05) is 35.4 Å². The summed E-state index contributed by atoms with van der Waals surface area (Å²) < 4.78 is 17.5. The number of rotatable bonds is 7. The summed E-state index contributed by atoms with van der Waals surface area (Å²) in [5, 5.41) is 0. The Bertz CT molecular complexity index is 911. The van der Waals surface area contributed by atoms with Gasteiger partial charge in [-0.15, -0.1) is 0 Å². The topological polar surface area (TPSA) is 48.0 Å². The summed E-state index contributed by atoms with van der Waals surface area (Å²) in [6, 6.07) is 12.7. The minimum atomic E-state index is -0.441. The van der Waals surface area contributed by atoms with Crippen LogP contribution >= 0.6 is 0 Å². The molecule has 5 heteroatoms. The number of nitrogens with zero attached hydrogens (tertiary/aromatic N) is 1. The van der Waals surface area contributed by atoms with Crippen LogP contribution < -0.4 is 4.74 Å². The zero-order valence-corrected chi connectivity index (χ0v) is 20.4. The molecule has 0 amide bonds. The van der Waals surface area contributed by atoms with Crippen LogP contribution in [-0.2, 0) is 20.9 Å². The summed E-state index contributed by atoms with van der Waals surface area (Å²) in [7, 11) is 0. The number of benzene rings is 2. The average molecular weight is 440 g/mol. The van der Waals surface area contributed by atoms with Crippen LogP contribution in [0.25, 0.3) is 0 Å². The third kappa shape index (κ3) is 7.35. The van der Waals surface area contributed by atoms with Gasteiger partial charge in [0.2, 0.25) is 0 Å². The normalized spacial score (nSPS) is 17.2. The van der Waals surface area contributed by atoms with Crippen molar-refractivity contribution in [2.45, 2.75) is 66.3 Å². The molecule has 0 aromatic heterocycles. The molecule has 3 rings (SSSR count). The van der Waals surface area contributed by atoms with E-state index in [4.69, 9.17) is 14.2 Å². The summed E-state index contributed by atoms with van der Waals surface area (Å²) in [6.07, 6.45) is 0.393. The lowest BCUT2D eigenvalue weighted by molar-refractivity contribution is -0.155. The molecule has 0 spiro atoms. The number of morpholine rings is 1. The van der Waals surface area contributed by atoms with E-state index in [1.807, 2.05) is 26.8 Å². The molecule has 1 atom stereocenters. The monoisotopic (exact) mass is 439 g/mol. The molecule has 1 fully saturated rings. The van der Waals surface area contributed by atoms with Crippen molar-refractivity contribution in [2.75, 3.05) is 26.2 Å². The number of esters is 1. The van der Waals surface area contributed by atoms with E-state index in [9.17, 15) is 4.79 Å². The Balaban J connectivity index is 1.56. The quantitative estimate of drug-likeness (QED) is 0.548. The van der Waals surface area contributed by atoms with Crippen molar-refractivity contribution in [1.82, 2.24) is 4.90 Å². The standard InChI is InChI=1S/C27H37NO4/c1-19-13-20(2)15-22(14-19)18-31-23-7-8-24(21(3)16-23)25-17-28(11-12-30-25)10-9-26(29)32-27(4,5)6/h7-8,13-16,25H,9-12,17-18H2,1-6H3. The Morgan fingerprint density at radius 2 is 1.81 bits per heavy atom. The number of carbonyl (C=O) groups excluding carboxylic acids is 1. The molecule has 0 bridgehead atoms. The van der Waals surface area contributed by atoms with Gasteiger partial charge in [-0.05, 0) is 70.4 Å². The van der Waals surface area contributed by atoms with Crippen molar-refractivity contribution in [3.63, 3.8) is 0 Å². The van der Waals surface area contributed by atoms with Gasteiger partial charge in [0.1, 0.15) is 18.0 Å². The Morgan fingerprint density at radius 1 is 1.09 bits per heavy atom. The van der Waals surface area contributed by atoms with Gasteiger partial charge in [0.05, 0.1) is 19.1 Å². The largest absolute Gasteiger partial charge is 0.489 e. The Morgan fingerprint density at radius 3 is 2.47 bits per heavy atom. The second kappa shape index (κ2) is 10.5. The molecule has 0 radical (unpaired) electrons. The third-order valence-electron chi connectivity index (χ3n) is 5.48. The Labute approximate surface area is 192 Å². The van der Waals surface area contributed by atoms with E-state index in [0.717, 1.165) is 24.4 Å². The van der Waals surface area contributed by atoms with Crippen LogP contribution in [0.5, 0.6) is 5.75 Å². The molecule has 1 aliphatic heterocycles. The molecular weight excluding hydrogens is 402 g/mol. The van der Waals surface area contributed by atoms with E-state index in [2.05, 4.69) is 56.0 Å². The highest BCUT2D eigenvalue weighted by Crippen LogP contribution is 2.28. The Kier molecular flexibility index (Phi) is 7.96. The average Bonchev–Trinajstić information content (AvgIpc) is 2.69. The second-order valence-corrected chi connectivity index (χ2v) is 9.80. The predicted molar refractivity (Wildman–Crippen MR) is 127 cm³/mol. The molecule has 1 aliphatic rings. The van der Waals surface area contributed by atoms with E-state index >= 15 is 0 Å². The first kappa shape index (κ1) is 24.3. The molecule has 0 aliphatic carbocycles. The molecule has 1 unspecified atom stereocenters. The van der Waals surface area contributed by atoms with Gasteiger partial charge in [0.15, 0.2) is 0 Å². The predicted octanol–water partition coefficient (Wildman–Crippen LogP) is 5.30. The SMILES string of the molecule is Cc1cc(C)cc(COc2ccc(C3CN(CCC(=O)OC(C)(C)C)CCO3)c(C)c2)c1. The van der Waals surface area contributed by atoms with Gasteiger partial charge in [0.25, 0.3) is 0 Å². The van der Waals surface area contributed by atoms with E-state index in [1.54, 1.807) is 0 Å². The van der Waals surface area contributed by atoms with E-state index in [1.165, 1.54) is 22.3 Å². The van der Waals surface area contributed by atoms with Gasteiger partial charge >= 0.3 is 5.97 Å². The minimum absolute atomic E-state index is 0.00383. The zero-order chi connectivity index (χ0) is 23.3. The summed E-state index contributed by atoms with van der Waals surface area (Å²) >= 11 is 0. The number of hydrogen-bond donors (Lipinski definition) is 0. The molecule has 0 N–H and O–H groups in total. The highest BCUT2D eigenvalue weighted by molar-refractivity contribution is 5.70. The maximum absolute atomic E-state index is 12.1. The van der Waals surface area contributed by atoms with Crippen LogP contribution in [0, 0.1) is 20.8 Å². The first-order chi connectivity index (χ1) is 15.1. The fourth-order valence-electron chi connectivity index (χ4n) is 4.15. The van der Waals surface area contributed by atoms with Crippen molar-refractivity contribution >= 4 is 5.97 Å². The van der Waals surface area contributed by atoms with Crippen LogP contribution in [-0.4, -0.2) is 42.7 Å². The second-order valence-electron chi connectivity index (χ2n) is 9.80. The lowest BCUT2D eigenvalue weighted by Gasteiger charge is -2.33. The van der Waals surface area contributed by atoms with Gasteiger partial charge in [0, 0.05) is 19.6 Å².